The zero-order valence-electron chi connectivity index (χ0n) is 10.7. The fourth-order valence-electron chi connectivity index (χ4n) is 2.47. The molecule has 0 bridgehead atoms. The lowest BCUT2D eigenvalue weighted by molar-refractivity contribution is -0.380. The molecule has 1 saturated carbocycles. The van der Waals surface area contributed by atoms with Crippen LogP contribution in [0.5, 0.6) is 0 Å². The standard InChI is InChI=1S/C12H14N4O3S/c13-12(6-2-1-3-7-12)11-14-10(19-15-11)8-4-5-9(20-8)16(17)18/h4-5H,1-3,6-7,13H2. The number of nitrogens with two attached hydrogens (primary N) is 1. The maximum absolute atomic E-state index is 10.7. The highest BCUT2D eigenvalue weighted by molar-refractivity contribution is 7.18. The molecule has 0 unspecified atom stereocenters. The van der Waals surface area contributed by atoms with Crippen molar-refractivity contribution in [3.05, 3.63) is 28.1 Å². The first kappa shape index (κ1) is 13.2. The van der Waals surface area contributed by atoms with Gasteiger partial charge in [0.1, 0.15) is 0 Å². The Kier molecular flexibility index (Phi) is 3.27. The van der Waals surface area contributed by atoms with Crippen molar-refractivity contribution in [3.63, 3.8) is 0 Å². The maximum atomic E-state index is 10.7. The van der Waals surface area contributed by atoms with Crippen LogP contribution in [0.2, 0.25) is 0 Å². The van der Waals surface area contributed by atoms with Crippen LogP contribution in [-0.4, -0.2) is 15.1 Å². The van der Waals surface area contributed by atoms with Gasteiger partial charge in [-0.3, -0.25) is 10.1 Å². The second-order valence-electron chi connectivity index (χ2n) is 5.03. The molecule has 20 heavy (non-hydrogen) atoms. The molecule has 2 aromatic rings. The third kappa shape index (κ3) is 2.32. The molecule has 0 aromatic carbocycles. The van der Waals surface area contributed by atoms with Gasteiger partial charge in [0.2, 0.25) is 0 Å². The first-order valence-corrected chi connectivity index (χ1v) is 7.28. The smallest absolute Gasteiger partial charge is 0.324 e. The van der Waals surface area contributed by atoms with Crippen molar-refractivity contribution in [2.75, 3.05) is 0 Å². The van der Waals surface area contributed by atoms with E-state index in [0.29, 0.717) is 16.6 Å². The summed E-state index contributed by atoms with van der Waals surface area (Å²) in [6.45, 7) is 0. The van der Waals surface area contributed by atoms with E-state index in [1.54, 1.807) is 6.07 Å². The highest BCUT2D eigenvalue weighted by atomic mass is 32.1. The van der Waals surface area contributed by atoms with Gasteiger partial charge >= 0.3 is 5.00 Å². The zero-order chi connectivity index (χ0) is 14.2. The Labute approximate surface area is 118 Å². The summed E-state index contributed by atoms with van der Waals surface area (Å²) in [5, 5.41) is 14.7. The normalized spacial score (nSPS) is 18.1. The van der Waals surface area contributed by atoms with Crippen molar-refractivity contribution in [2.45, 2.75) is 37.6 Å². The second-order valence-corrected chi connectivity index (χ2v) is 6.10. The Hall–Kier alpha value is -1.80. The van der Waals surface area contributed by atoms with Crippen LogP contribution in [-0.2, 0) is 5.54 Å². The van der Waals surface area contributed by atoms with Crippen LogP contribution in [0, 0.1) is 10.1 Å². The van der Waals surface area contributed by atoms with Crippen molar-refractivity contribution in [1.29, 1.82) is 0 Å². The third-order valence-corrected chi connectivity index (χ3v) is 4.62. The van der Waals surface area contributed by atoms with E-state index in [9.17, 15) is 10.1 Å². The van der Waals surface area contributed by atoms with Crippen molar-refractivity contribution in [2.24, 2.45) is 5.73 Å². The monoisotopic (exact) mass is 294 g/mol. The lowest BCUT2D eigenvalue weighted by Crippen LogP contribution is -2.39. The van der Waals surface area contributed by atoms with E-state index in [4.69, 9.17) is 10.3 Å². The molecule has 3 rings (SSSR count). The molecule has 0 atom stereocenters. The first-order valence-electron chi connectivity index (χ1n) is 6.46. The van der Waals surface area contributed by atoms with Gasteiger partial charge in [-0.2, -0.15) is 4.98 Å². The minimum absolute atomic E-state index is 0.0554. The van der Waals surface area contributed by atoms with Crippen LogP contribution in [0.3, 0.4) is 0 Å². The molecule has 0 aliphatic heterocycles. The van der Waals surface area contributed by atoms with Crippen molar-refractivity contribution in [3.8, 4) is 10.8 Å². The summed E-state index contributed by atoms with van der Waals surface area (Å²) in [4.78, 5) is 15.2. The molecule has 0 amide bonds. The van der Waals surface area contributed by atoms with Gasteiger partial charge in [-0.1, -0.05) is 35.8 Å². The van der Waals surface area contributed by atoms with E-state index in [1.165, 1.54) is 12.5 Å². The largest absolute Gasteiger partial charge is 0.333 e. The van der Waals surface area contributed by atoms with Gasteiger partial charge in [-0.25, -0.2) is 0 Å². The van der Waals surface area contributed by atoms with E-state index in [1.807, 2.05) is 0 Å². The number of nitrogens with zero attached hydrogens (tertiary/aromatic N) is 3. The number of rotatable bonds is 3. The number of hydrogen-bond donors (Lipinski definition) is 1. The summed E-state index contributed by atoms with van der Waals surface area (Å²) in [6, 6.07) is 3.05. The quantitative estimate of drug-likeness (QED) is 0.688. The number of thiophene rings is 1. The molecule has 1 aliphatic carbocycles. The minimum Gasteiger partial charge on any atom is -0.333 e. The predicted molar refractivity (Wildman–Crippen MR) is 73.2 cm³/mol. The van der Waals surface area contributed by atoms with Crippen LogP contribution in [0.25, 0.3) is 10.8 Å². The lowest BCUT2D eigenvalue weighted by Gasteiger charge is -2.29. The Morgan fingerprint density at radius 1 is 1.35 bits per heavy atom. The van der Waals surface area contributed by atoms with E-state index in [0.717, 1.165) is 37.0 Å². The topological polar surface area (TPSA) is 108 Å². The summed E-state index contributed by atoms with van der Waals surface area (Å²) in [5.74, 6) is 0.803. The van der Waals surface area contributed by atoms with Crippen molar-refractivity contribution < 1.29 is 9.45 Å². The van der Waals surface area contributed by atoms with Gasteiger partial charge in [-0.05, 0) is 18.9 Å². The SMILES string of the molecule is NC1(c2noc(-c3ccc([N+](=O)[O-])s3)n2)CCCCC1. The zero-order valence-corrected chi connectivity index (χ0v) is 11.6. The predicted octanol–water partition coefficient (Wildman–Crippen LogP) is 2.82. The molecule has 106 valence electrons. The molecule has 1 aliphatic rings. The molecule has 0 saturated heterocycles. The molecule has 7 nitrogen and oxygen atoms in total. The lowest BCUT2D eigenvalue weighted by atomic mass is 9.82. The molecule has 0 radical (unpaired) electrons. The molecular formula is C12H14N4O3S. The second kappa shape index (κ2) is 4.95. The van der Waals surface area contributed by atoms with E-state index >= 15 is 0 Å². The van der Waals surface area contributed by atoms with Gasteiger partial charge < -0.3 is 10.3 Å². The summed E-state index contributed by atoms with van der Waals surface area (Å²) in [6.07, 6.45) is 4.99. The highest BCUT2D eigenvalue weighted by Gasteiger charge is 2.34. The molecule has 2 N–H and O–H groups in total. The van der Waals surface area contributed by atoms with Crippen LogP contribution in [0.1, 0.15) is 37.9 Å². The summed E-state index contributed by atoms with van der Waals surface area (Å²) >= 11 is 1.02. The van der Waals surface area contributed by atoms with Crippen molar-refractivity contribution in [1.82, 2.24) is 10.1 Å². The summed E-state index contributed by atoms with van der Waals surface area (Å²) < 4.78 is 5.21. The molecular weight excluding hydrogens is 280 g/mol. The molecule has 2 heterocycles. The Morgan fingerprint density at radius 3 is 2.75 bits per heavy atom. The van der Waals surface area contributed by atoms with E-state index in [2.05, 4.69) is 10.1 Å². The molecule has 8 heteroatoms. The number of hydrogen-bond acceptors (Lipinski definition) is 7. The van der Waals surface area contributed by atoms with Crippen LogP contribution < -0.4 is 5.73 Å². The van der Waals surface area contributed by atoms with Crippen LogP contribution >= 0.6 is 11.3 Å². The third-order valence-electron chi connectivity index (χ3n) is 3.60. The van der Waals surface area contributed by atoms with Crippen LogP contribution in [0.15, 0.2) is 16.7 Å². The van der Waals surface area contributed by atoms with Gasteiger partial charge in [0, 0.05) is 6.07 Å². The minimum atomic E-state index is -0.525. The van der Waals surface area contributed by atoms with Gasteiger partial charge in [0.25, 0.3) is 5.89 Å². The maximum Gasteiger partial charge on any atom is 0.324 e. The average molecular weight is 294 g/mol. The van der Waals surface area contributed by atoms with E-state index in [-0.39, 0.29) is 5.00 Å². The van der Waals surface area contributed by atoms with Crippen LogP contribution in [0.4, 0.5) is 5.00 Å². The molecule has 1 fully saturated rings. The Balaban J connectivity index is 1.87. The Morgan fingerprint density at radius 2 is 2.10 bits per heavy atom. The number of nitro groups is 1. The Bertz CT molecular complexity index is 630. The summed E-state index contributed by atoms with van der Waals surface area (Å²) in [5.41, 5.74) is 5.81. The molecule has 2 aromatic heterocycles. The first-order chi connectivity index (χ1) is 9.58. The number of aromatic nitrogens is 2. The average Bonchev–Trinajstić information content (AvgIpc) is 3.09. The molecule has 0 spiro atoms. The summed E-state index contributed by atoms with van der Waals surface area (Å²) in [7, 11) is 0. The van der Waals surface area contributed by atoms with Gasteiger partial charge in [0.05, 0.1) is 15.3 Å². The highest BCUT2D eigenvalue weighted by Crippen LogP contribution is 2.36. The van der Waals surface area contributed by atoms with Crippen molar-refractivity contribution >= 4 is 16.3 Å². The fourth-order valence-corrected chi connectivity index (χ4v) is 3.22. The fraction of sp³-hybridized carbons (Fsp3) is 0.500. The van der Waals surface area contributed by atoms with Gasteiger partial charge in [-0.15, -0.1) is 0 Å². The van der Waals surface area contributed by atoms with Gasteiger partial charge in [0.15, 0.2) is 5.82 Å². The van der Waals surface area contributed by atoms with E-state index < -0.39 is 10.5 Å².